The van der Waals surface area contributed by atoms with Gasteiger partial charge in [-0.25, -0.2) is 8.78 Å². The molecular weight excluding hydrogens is 217 g/mol. The van der Waals surface area contributed by atoms with Gasteiger partial charge in [-0.1, -0.05) is 6.07 Å². The van der Waals surface area contributed by atoms with Gasteiger partial charge in [0.05, 0.1) is 0 Å². The van der Waals surface area contributed by atoms with Gasteiger partial charge < -0.3 is 5.73 Å². The molecule has 6 heteroatoms. The van der Waals surface area contributed by atoms with Crippen LogP contribution in [0.3, 0.4) is 0 Å². The quantitative estimate of drug-likeness (QED) is 0.730. The molecule has 0 aromatic heterocycles. The zero-order chi connectivity index (χ0) is 11.8. The zero-order valence-electron chi connectivity index (χ0n) is 7.70. The Morgan fingerprint density at radius 2 is 1.73 bits per heavy atom. The van der Waals surface area contributed by atoms with Crippen molar-refractivity contribution in [2.24, 2.45) is 5.73 Å². The Hall–Kier alpha value is -1.17. The van der Waals surface area contributed by atoms with E-state index >= 15 is 0 Å². The van der Waals surface area contributed by atoms with Crippen LogP contribution in [0.2, 0.25) is 0 Å². The maximum Gasteiger partial charge on any atom is 0.407 e. The molecule has 0 fully saturated rings. The summed E-state index contributed by atoms with van der Waals surface area (Å²) in [5, 5.41) is 0. The average molecular weight is 225 g/mol. The van der Waals surface area contributed by atoms with Crippen molar-refractivity contribution in [3.05, 3.63) is 34.9 Å². The lowest BCUT2D eigenvalue weighted by atomic mass is 10.0. The first kappa shape index (κ1) is 11.9. The van der Waals surface area contributed by atoms with Crippen LogP contribution < -0.4 is 5.73 Å². The highest BCUT2D eigenvalue weighted by Gasteiger charge is 2.41. The van der Waals surface area contributed by atoms with E-state index in [-0.39, 0.29) is 5.56 Å². The van der Waals surface area contributed by atoms with Gasteiger partial charge in [0.25, 0.3) is 0 Å². The molecule has 0 spiro atoms. The molecule has 15 heavy (non-hydrogen) atoms. The molecule has 0 bridgehead atoms. The van der Waals surface area contributed by atoms with Gasteiger partial charge in [-0.2, -0.15) is 13.2 Å². The van der Waals surface area contributed by atoms with Crippen LogP contribution in [-0.4, -0.2) is 6.18 Å². The Morgan fingerprint density at radius 1 is 1.20 bits per heavy atom. The van der Waals surface area contributed by atoms with E-state index in [0.29, 0.717) is 0 Å². The Kier molecular flexibility index (Phi) is 2.99. The SMILES string of the molecule is Cc1ccc(F)c([C@H](N)C(F)(F)F)c1F. The highest BCUT2D eigenvalue weighted by molar-refractivity contribution is 5.29. The minimum Gasteiger partial charge on any atom is -0.316 e. The topological polar surface area (TPSA) is 26.0 Å². The number of hydrogen-bond acceptors (Lipinski definition) is 1. The number of benzene rings is 1. The maximum absolute atomic E-state index is 13.2. The van der Waals surface area contributed by atoms with Crippen molar-refractivity contribution < 1.29 is 22.0 Å². The van der Waals surface area contributed by atoms with Crippen molar-refractivity contribution in [1.82, 2.24) is 0 Å². The van der Waals surface area contributed by atoms with E-state index < -0.39 is 29.4 Å². The van der Waals surface area contributed by atoms with Crippen LogP contribution in [0.15, 0.2) is 12.1 Å². The largest absolute Gasteiger partial charge is 0.407 e. The number of alkyl halides is 3. The molecule has 0 saturated heterocycles. The minimum atomic E-state index is -4.87. The third-order valence-corrected chi connectivity index (χ3v) is 1.98. The Bertz CT molecular complexity index is 372. The molecule has 0 saturated carbocycles. The fourth-order valence-corrected chi connectivity index (χ4v) is 1.13. The van der Waals surface area contributed by atoms with E-state index in [1.807, 2.05) is 0 Å². The van der Waals surface area contributed by atoms with E-state index in [1.54, 1.807) is 0 Å². The maximum atomic E-state index is 13.2. The first-order valence-electron chi connectivity index (χ1n) is 4.02. The molecule has 1 aromatic rings. The van der Waals surface area contributed by atoms with Crippen LogP contribution in [-0.2, 0) is 0 Å². The van der Waals surface area contributed by atoms with Crippen molar-refractivity contribution in [3.8, 4) is 0 Å². The lowest BCUT2D eigenvalue weighted by Gasteiger charge is -2.17. The highest BCUT2D eigenvalue weighted by atomic mass is 19.4. The number of halogens is 5. The molecule has 1 aromatic carbocycles. The van der Waals surface area contributed by atoms with E-state index in [4.69, 9.17) is 5.73 Å². The van der Waals surface area contributed by atoms with Crippen LogP contribution in [0, 0.1) is 18.6 Å². The molecule has 1 nitrogen and oxygen atoms in total. The normalized spacial score (nSPS) is 14.1. The van der Waals surface area contributed by atoms with Crippen LogP contribution in [0.5, 0.6) is 0 Å². The molecule has 0 radical (unpaired) electrons. The first-order chi connectivity index (χ1) is 6.75. The van der Waals surface area contributed by atoms with Gasteiger partial charge in [0.2, 0.25) is 0 Å². The summed E-state index contributed by atoms with van der Waals surface area (Å²) in [6.07, 6.45) is -4.87. The van der Waals surface area contributed by atoms with Crippen LogP contribution in [0.25, 0.3) is 0 Å². The van der Waals surface area contributed by atoms with Crippen molar-refractivity contribution in [2.45, 2.75) is 19.1 Å². The molecule has 0 aliphatic rings. The minimum absolute atomic E-state index is 0.0777. The number of rotatable bonds is 1. The standard InChI is InChI=1S/C9H8F5N/c1-4-2-3-5(10)6(7(4)11)8(15)9(12,13)14/h2-3,8H,15H2,1H3/t8-/m0/s1. The van der Waals surface area contributed by atoms with Gasteiger partial charge in [-0.3, -0.25) is 0 Å². The monoisotopic (exact) mass is 225 g/mol. The van der Waals surface area contributed by atoms with E-state index in [9.17, 15) is 22.0 Å². The molecule has 1 rings (SSSR count). The summed E-state index contributed by atoms with van der Waals surface area (Å²) in [6.45, 7) is 1.24. The first-order valence-corrected chi connectivity index (χ1v) is 4.02. The molecular formula is C9H8F5N. The summed E-state index contributed by atoms with van der Waals surface area (Å²) in [5.74, 6) is -2.54. The van der Waals surface area contributed by atoms with Crippen molar-refractivity contribution in [3.63, 3.8) is 0 Å². The Labute approximate surface area is 82.7 Å². The van der Waals surface area contributed by atoms with Gasteiger partial charge in [0.15, 0.2) is 0 Å². The number of hydrogen-bond donors (Lipinski definition) is 1. The van der Waals surface area contributed by atoms with Crippen LogP contribution >= 0.6 is 0 Å². The second kappa shape index (κ2) is 3.77. The van der Waals surface area contributed by atoms with E-state index in [0.717, 1.165) is 12.1 Å². The summed E-state index contributed by atoms with van der Waals surface area (Å²) < 4.78 is 62.7. The predicted octanol–water partition coefficient (Wildman–Crippen LogP) is 2.84. The smallest absolute Gasteiger partial charge is 0.316 e. The molecule has 0 unspecified atom stereocenters. The number of aryl methyl sites for hydroxylation is 1. The summed E-state index contributed by atoms with van der Waals surface area (Å²) in [7, 11) is 0. The molecule has 0 heterocycles. The second-order valence-corrected chi connectivity index (χ2v) is 3.11. The molecule has 0 aliphatic heterocycles. The summed E-state index contributed by atoms with van der Waals surface area (Å²) in [5.41, 5.74) is 3.52. The van der Waals surface area contributed by atoms with E-state index in [1.165, 1.54) is 6.92 Å². The molecule has 84 valence electrons. The van der Waals surface area contributed by atoms with Gasteiger partial charge in [0, 0.05) is 5.56 Å². The fourth-order valence-electron chi connectivity index (χ4n) is 1.13. The van der Waals surface area contributed by atoms with Crippen LogP contribution in [0.4, 0.5) is 22.0 Å². The average Bonchev–Trinajstić information content (AvgIpc) is 2.10. The summed E-state index contributed by atoms with van der Waals surface area (Å²) in [4.78, 5) is 0. The third-order valence-electron chi connectivity index (χ3n) is 1.98. The van der Waals surface area contributed by atoms with Crippen molar-refractivity contribution in [1.29, 1.82) is 0 Å². The molecule has 0 aliphatic carbocycles. The Morgan fingerprint density at radius 3 is 2.20 bits per heavy atom. The van der Waals surface area contributed by atoms with Gasteiger partial charge in [-0.05, 0) is 18.6 Å². The zero-order valence-corrected chi connectivity index (χ0v) is 7.70. The van der Waals surface area contributed by atoms with Crippen LogP contribution in [0.1, 0.15) is 17.2 Å². The molecule has 0 amide bonds. The Balaban J connectivity index is 3.31. The molecule has 1 atom stereocenters. The second-order valence-electron chi connectivity index (χ2n) is 3.11. The lowest BCUT2D eigenvalue weighted by molar-refractivity contribution is -0.150. The van der Waals surface area contributed by atoms with Gasteiger partial charge in [0.1, 0.15) is 17.7 Å². The lowest BCUT2D eigenvalue weighted by Crippen LogP contribution is -2.30. The third kappa shape index (κ3) is 2.26. The van der Waals surface area contributed by atoms with E-state index in [2.05, 4.69) is 0 Å². The fraction of sp³-hybridized carbons (Fsp3) is 0.333. The van der Waals surface area contributed by atoms with Gasteiger partial charge in [-0.15, -0.1) is 0 Å². The summed E-state index contributed by atoms with van der Waals surface area (Å²) >= 11 is 0. The predicted molar refractivity (Wildman–Crippen MR) is 44.1 cm³/mol. The molecule has 2 N–H and O–H groups in total. The van der Waals surface area contributed by atoms with Crippen molar-refractivity contribution in [2.75, 3.05) is 0 Å². The number of nitrogens with two attached hydrogens (primary N) is 1. The van der Waals surface area contributed by atoms with Gasteiger partial charge >= 0.3 is 6.18 Å². The van der Waals surface area contributed by atoms with Crippen molar-refractivity contribution >= 4 is 0 Å². The highest BCUT2D eigenvalue weighted by Crippen LogP contribution is 2.33. The summed E-state index contributed by atoms with van der Waals surface area (Å²) in [6, 6.07) is -0.825.